The zero-order chi connectivity index (χ0) is 59.4. The molecule has 0 amide bonds. The third-order valence-corrected chi connectivity index (χ3v) is 16.1. The molecule has 0 aliphatic carbocycles. The normalized spacial score (nSPS) is 11.6. The Kier molecular flexibility index (Phi) is 66.4. The van der Waals surface area contributed by atoms with Crippen LogP contribution in [0.2, 0.25) is 0 Å². The van der Waals surface area contributed by atoms with Gasteiger partial charge in [0.15, 0.2) is 0 Å². The van der Waals surface area contributed by atoms with Crippen LogP contribution in [0.1, 0.15) is 393 Å². The van der Waals surface area contributed by atoms with Crippen molar-refractivity contribution in [2.75, 3.05) is 26.4 Å². The summed E-state index contributed by atoms with van der Waals surface area (Å²) in [5.41, 5.74) is 0. The third kappa shape index (κ3) is 66.2. The average Bonchev–Trinajstić information content (AvgIpc) is 3.47. The van der Waals surface area contributed by atoms with Gasteiger partial charge in [0.2, 0.25) is 0 Å². The molecule has 1 atom stereocenters. The van der Waals surface area contributed by atoms with Crippen LogP contribution in [0.15, 0.2) is 0 Å². The van der Waals surface area contributed by atoms with E-state index in [1.807, 2.05) is 0 Å². The summed E-state index contributed by atoms with van der Waals surface area (Å²) in [6, 6.07) is 0. The SMILES string of the molecule is CCCCCCCCCCCCCCCCCOC(=O)OOC(=O)OCCCCCCCCCCCCCCCCCC(OC(=O)OCCCCCCCCCCCCCCC)OC(=O)OCCCCCCCCCCCCCCCC. The Hall–Kier alpha value is -2.92. The van der Waals surface area contributed by atoms with E-state index in [-0.39, 0.29) is 13.2 Å². The lowest BCUT2D eigenvalue weighted by Gasteiger charge is -2.18. The Balaban J connectivity index is 4.02. The molecule has 0 aromatic carbocycles. The molecular weight excluding hydrogens is 1030 g/mol. The molecule has 12 heteroatoms. The molecule has 0 rings (SSSR count). The number of rotatable bonds is 65. The van der Waals surface area contributed by atoms with Crippen LogP contribution in [0, 0.1) is 0 Å². The predicted octanol–water partition coefficient (Wildman–Crippen LogP) is 24.5. The second-order valence-electron chi connectivity index (χ2n) is 24.1. The fraction of sp³-hybridized carbons (Fsp3) is 0.943. The molecule has 0 heterocycles. The Labute approximate surface area is 505 Å². The van der Waals surface area contributed by atoms with Crippen molar-refractivity contribution in [2.24, 2.45) is 0 Å². The van der Waals surface area contributed by atoms with Gasteiger partial charge >= 0.3 is 24.6 Å². The van der Waals surface area contributed by atoms with Crippen LogP contribution in [0.3, 0.4) is 0 Å². The summed E-state index contributed by atoms with van der Waals surface area (Å²) >= 11 is 0. The smallest absolute Gasteiger partial charge is 0.434 e. The molecule has 0 fully saturated rings. The van der Waals surface area contributed by atoms with Crippen molar-refractivity contribution in [3.8, 4) is 0 Å². The highest BCUT2D eigenvalue weighted by molar-refractivity contribution is 5.63. The zero-order valence-electron chi connectivity index (χ0n) is 54.3. The van der Waals surface area contributed by atoms with Crippen molar-refractivity contribution in [1.29, 1.82) is 0 Å². The first-order chi connectivity index (χ1) is 40.4. The molecule has 0 spiro atoms. The van der Waals surface area contributed by atoms with Gasteiger partial charge in [0.25, 0.3) is 6.29 Å². The Bertz CT molecular complexity index is 1310. The van der Waals surface area contributed by atoms with Crippen molar-refractivity contribution in [1.82, 2.24) is 0 Å². The number of carbonyl (C=O) groups is 4. The summed E-state index contributed by atoms with van der Waals surface area (Å²) in [6.45, 7) is 7.90. The fourth-order valence-electron chi connectivity index (χ4n) is 10.8. The van der Waals surface area contributed by atoms with Crippen LogP contribution in [-0.2, 0) is 38.2 Å². The molecular formula is C70H134O12. The van der Waals surface area contributed by atoms with Crippen molar-refractivity contribution in [3.05, 3.63) is 0 Å². The lowest BCUT2D eigenvalue weighted by Crippen LogP contribution is -2.26. The van der Waals surface area contributed by atoms with Gasteiger partial charge in [-0.15, -0.1) is 0 Å². The molecule has 0 N–H and O–H groups in total. The predicted molar refractivity (Wildman–Crippen MR) is 338 cm³/mol. The summed E-state index contributed by atoms with van der Waals surface area (Å²) in [6.07, 6.45) is 65.5. The van der Waals surface area contributed by atoms with E-state index in [1.54, 1.807) is 0 Å². The summed E-state index contributed by atoms with van der Waals surface area (Å²) in [7, 11) is 0. The molecule has 486 valence electrons. The summed E-state index contributed by atoms with van der Waals surface area (Å²) in [5, 5.41) is 0. The second-order valence-corrected chi connectivity index (χ2v) is 24.1. The minimum Gasteiger partial charge on any atom is -0.434 e. The Morgan fingerprint density at radius 2 is 0.366 bits per heavy atom. The van der Waals surface area contributed by atoms with Gasteiger partial charge in [-0.1, -0.05) is 355 Å². The minimum atomic E-state index is -1.02. The van der Waals surface area contributed by atoms with E-state index in [1.165, 1.54) is 257 Å². The molecule has 1 unspecified atom stereocenters. The van der Waals surface area contributed by atoms with Gasteiger partial charge in [-0.25, -0.2) is 9.59 Å². The van der Waals surface area contributed by atoms with Gasteiger partial charge in [0.05, 0.1) is 26.4 Å². The van der Waals surface area contributed by atoms with E-state index in [2.05, 4.69) is 30.5 Å². The average molecular weight is 1170 g/mol. The molecule has 0 aromatic rings. The summed E-state index contributed by atoms with van der Waals surface area (Å²) in [4.78, 5) is 57.7. The van der Waals surface area contributed by atoms with Crippen LogP contribution >= 0.6 is 0 Å². The van der Waals surface area contributed by atoms with E-state index in [0.29, 0.717) is 19.6 Å². The monoisotopic (exact) mass is 1170 g/mol. The van der Waals surface area contributed by atoms with Crippen molar-refractivity contribution in [3.63, 3.8) is 0 Å². The first kappa shape index (κ1) is 79.1. The lowest BCUT2D eigenvalue weighted by molar-refractivity contribution is -0.217. The van der Waals surface area contributed by atoms with Crippen LogP contribution in [0.4, 0.5) is 19.2 Å². The highest BCUT2D eigenvalue weighted by Crippen LogP contribution is 2.19. The van der Waals surface area contributed by atoms with Crippen LogP contribution in [-0.4, -0.2) is 57.3 Å². The first-order valence-electron chi connectivity index (χ1n) is 35.8. The highest BCUT2D eigenvalue weighted by Gasteiger charge is 2.21. The van der Waals surface area contributed by atoms with Crippen molar-refractivity contribution >= 4 is 24.6 Å². The van der Waals surface area contributed by atoms with Gasteiger partial charge in [-0.3, -0.25) is 0 Å². The molecule has 0 bridgehead atoms. The number of hydrogen-bond donors (Lipinski definition) is 0. The van der Waals surface area contributed by atoms with Crippen molar-refractivity contribution in [2.45, 2.75) is 399 Å². The first-order valence-corrected chi connectivity index (χ1v) is 35.8. The number of unbranched alkanes of at least 4 members (excludes halogenated alkanes) is 53. The number of hydrogen-bond acceptors (Lipinski definition) is 12. The van der Waals surface area contributed by atoms with Crippen LogP contribution in [0.25, 0.3) is 0 Å². The van der Waals surface area contributed by atoms with Gasteiger partial charge in [0, 0.05) is 6.42 Å². The Morgan fingerprint density at radius 3 is 0.561 bits per heavy atom. The maximum atomic E-state index is 12.7. The van der Waals surface area contributed by atoms with E-state index in [9.17, 15) is 19.2 Å². The maximum absolute atomic E-state index is 12.7. The maximum Gasteiger partial charge on any atom is 0.549 e. The second kappa shape index (κ2) is 68.9. The van der Waals surface area contributed by atoms with Gasteiger partial charge in [-0.2, -0.15) is 19.4 Å². The van der Waals surface area contributed by atoms with E-state index in [4.69, 9.17) is 28.4 Å². The molecule has 82 heavy (non-hydrogen) atoms. The highest BCUT2D eigenvalue weighted by atomic mass is 17.3. The quantitative estimate of drug-likeness (QED) is 0.0143. The topological polar surface area (TPSA) is 142 Å². The van der Waals surface area contributed by atoms with E-state index >= 15 is 0 Å². The summed E-state index contributed by atoms with van der Waals surface area (Å²) in [5.74, 6) is 0. The number of ether oxygens (including phenoxy) is 6. The Morgan fingerprint density at radius 1 is 0.207 bits per heavy atom. The molecule has 0 aliphatic heterocycles. The van der Waals surface area contributed by atoms with Crippen LogP contribution in [0.5, 0.6) is 0 Å². The standard InChI is InChI=1S/C70H134O12/c1-4-7-10-13-16-19-22-25-29-34-39-44-49-54-59-64-77-69(73)81-82-70(74)78-65-60-55-50-45-40-35-30-27-28-31-36-41-46-51-56-61-66(79-67(71)75-62-57-52-47-42-37-32-24-21-18-15-12-9-6-3)80-68(72)76-63-58-53-48-43-38-33-26-23-20-17-14-11-8-5-2/h66H,4-65H2,1-3H3. The molecule has 0 aromatic heterocycles. The lowest BCUT2D eigenvalue weighted by atomic mass is 10.0. The fourth-order valence-corrected chi connectivity index (χ4v) is 10.8. The minimum absolute atomic E-state index is 0.228. The van der Waals surface area contributed by atoms with Crippen molar-refractivity contribution < 1.29 is 57.4 Å². The summed E-state index contributed by atoms with van der Waals surface area (Å²) < 4.78 is 31.9. The number of carbonyl (C=O) groups excluding carboxylic acids is 4. The van der Waals surface area contributed by atoms with Gasteiger partial charge in [-0.05, 0) is 32.1 Å². The molecule has 12 nitrogen and oxygen atoms in total. The zero-order valence-corrected chi connectivity index (χ0v) is 54.3. The third-order valence-electron chi connectivity index (χ3n) is 16.1. The largest absolute Gasteiger partial charge is 0.549 e. The molecule has 0 radical (unpaired) electrons. The van der Waals surface area contributed by atoms with Gasteiger partial charge < -0.3 is 28.4 Å². The molecule has 0 aliphatic rings. The van der Waals surface area contributed by atoms with Crippen LogP contribution < -0.4 is 0 Å². The molecule has 0 saturated carbocycles. The van der Waals surface area contributed by atoms with Gasteiger partial charge in [0.1, 0.15) is 0 Å². The molecule has 0 saturated heterocycles. The van der Waals surface area contributed by atoms with E-state index < -0.39 is 30.9 Å². The van der Waals surface area contributed by atoms with E-state index in [0.717, 1.165) is 109 Å².